The molecule has 1 saturated carbocycles. The lowest BCUT2D eigenvalue weighted by molar-refractivity contribution is -0.129. The molecule has 0 bridgehead atoms. The Morgan fingerprint density at radius 2 is 2.12 bits per heavy atom. The number of fused-ring (bicyclic) bond motifs is 1. The number of nitrogens with zero attached hydrogens (tertiary/aromatic N) is 2. The zero-order chi connectivity index (χ0) is 18.3. The number of nitrogens with one attached hydrogen (secondary N) is 1. The number of carbonyl (C=O) groups excluding carboxylic acids is 2. The zero-order valence-corrected chi connectivity index (χ0v) is 15.9. The number of thiocarbonyl (C=S) groups is 1. The molecule has 1 aromatic rings. The Labute approximate surface area is 163 Å². The smallest absolute Gasteiger partial charge is 0.265 e. The van der Waals surface area contributed by atoms with Gasteiger partial charge in [-0.2, -0.15) is 0 Å². The molecule has 0 atom stereocenters. The predicted molar refractivity (Wildman–Crippen MR) is 106 cm³/mol. The fraction of sp³-hybridized carbons (Fsp3) is 0.421. The van der Waals surface area contributed by atoms with E-state index in [1.165, 1.54) is 11.3 Å². The average Bonchev–Trinajstić information content (AvgIpc) is 3.36. The summed E-state index contributed by atoms with van der Waals surface area (Å²) in [5.41, 5.74) is 3.48. The minimum atomic E-state index is -0.416. The molecule has 5 nitrogen and oxygen atoms in total. The third-order valence-electron chi connectivity index (χ3n) is 5.01. The van der Waals surface area contributed by atoms with E-state index in [0.29, 0.717) is 5.88 Å². The SMILES string of the molecule is O=C1NC(=S)N(C2CC2)C(=O)C1=Cc1ccc2c(c1)CCN2CCCCl. The number of hydrogen-bond donors (Lipinski definition) is 1. The third kappa shape index (κ3) is 3.23. The van der Waals surface area contributed by atoms with Crippen molar-refractivity contribution in [2.24, 2.45) is 0 Å². The van der Waals surface area contributed by atoms with Gasteiger partial charge in [-0.25, -0.2) is 0 Å². The number of benzene rings is 1. The van der Waals surface area contributed by atoms with Crippen molar-refractivity contribution in [2.45, 2.75) is 31.7 Å². The van der Waals surface area contributed by atoms with Gasteiger partial charge in [-0.1, -0.05) is 6.07 Å². The highest BCUT2D eigenvalue weighted by Crippen LogP contribution is 2.32. The van der Waals surface area contributed by atoms with Crippen LogP contribution in [0, 0.1) is 0 Å². The Bertz CT molecular complexity index is 819. The average molecular weight is 390 g/mol. The van der Waals surface area contributed by atoms with E-state index < -0.39 is 5.91 Å². The molecule has 3 aliphatic rings. The van der Waals surface area contributed by atoms with Crippen LogP contribution in [-0.2, 0) is 16.0 Å². The molecule has 7 heteroatoms. The monoisotopic (exact) mass is 389 g/mol. The molecular formula is C19H20ClN3O2S. The van der Waals surface area contributed by atoms with Crippen molar-refractivity contribution in [3.63, 3.8) is 0 Å². The Morgan fingerprint density at radius 3 is 2.85 bits per heavy atom. The second-order valence-electron chi connectivity index (χ2n) is 6.89. The van der Waals surface area contributed by atoms with E-state index in [0.717, 1.165) is 44.3 Å². The van der Waals surface area contributed by atoms with Crippen LogP contribution in [0.2, 0.25) is 0 Å². The van der Waals surface area contributed by atoms with E-state index in [1.54, 1.807) is 11.0 Å². The van der Waals surface area contributed by atoms with Gasteiger partial charge in [-0.15, -0.1) is 11.6 Å². The van der Waals surface area contributed by atoms with Crippen molar-refractivity contribution >= 4 is 52.5 Å². The summed E-state index contributed by atoms with van der Waals surface area (Å²) in [6.07, 6.45) is 5.47. The molecular weight excluding hydrogens is 370 g/mol. The van der Waals surface area contributed by atoms with E-state index in [1.807, 2.05) is 6.07 Å². The molecule has 2 fully saturated rings. The highest BCUT2D eigenvalue weighted by atomic mass is 35.5. The van der Waals surface area contributed by atoms with Crippen molar-refractivity contribution in [3.05, 3.63) is 34.9 Å². The first-order valence-corrected chi connectivity index (χ1v) is 9.87. The van der Waals surface area contributed by atoms with Crippen molar-refractivity contribution in [2.75, 3.05) is 23.9 Å². The molecule has 2 aliphatic heterocycles. The van der Waals surface area contributed by atoms with Crippen LogP contribution in [0.4, 0.5) is 5.69 Å². The molecule has 0 radical (unpaired) electrons. The Hall–Kier alpha value is -1.92. The van der Waals surface area contributed by atoms with Gasteiger partial charge in [0.05, 0.1) is 0 Å². The minimum absolute atomic E-state index is 0.134. The Morgan fingerprint density at radius 1 is 1.31 bits per heavy atom. The van der Waals surface area contributed by atoms with Gasteiger partial charge in [0.25, 0.3) is 11.8 Å². The Balaban J connectivity index is 1.59. The summed E-state index contributed by atoms with van der Waals surface area (Å²) in [6, 6.07) is 6.23. The van der Waals surface area contributed by atoms with Gasteiger partial charge in [-0.3, -0.25) is 19.8 Å². The lowest BCUT2D eigenvalue weighted by Gasteiger charge is -2.28. The maximum absolute atomic E-state index is 12.7. The first-order chi connectivity index (χ1) is 12.6. The van der Waals surface area contributed by atoms with Crippen LogP contribution in [0.15, 0.2) is 23.8 Å². The maximum atomic E-state index is 12.7. The molecule has 1 aliphatic carbocycles. The number of anilines is 1. The number of alkyl halides is 1. The van der Waals surface area contributed by atoms with Crippen LogP contribution < -0.4 is 10.2 Å². The van der Waals surface area contributed by atoms with Gasteiger partial charge < -0.3 is 4.90 Å². The maximum Gasteiger partial charge on any atom is 0.265 e. The minimum Gasteiger partial charge on any atom is -0.371 e. The number of halogens is 1. The summed E-state index contributed by atoms with van der Waals surface area (Å²) in [7, 11) is 0. The van der Waals surface area contributed by atoms with E-state index in [4.69, 9.17) is 23.8 Å². The molecule has 1 N–H and O–H groups in total. The van der Waals surface area contributed by atoms with Gasteiger partial charge >= 0.3 is 0 Å². The van der Waals surface area contributed by atoms with Crippen molar-refractivity contribution < 1.29 is 9.59 Å². The second-order valence-corrected chi connectivity index (χ2v) is 7.66. The molecule has 0 spiro atoms. The van der Waals surface area contributed by atoms with Crippen LogP contribution in [0.3, 0.4) is 0 Å². The summed E-state index contributed by atoms with van der Waals surface area (Å²) in [4.78, 5) is 28.9. The van der Waals surface area contributed by atoms with Gasteiger partial charge in [-0.05, 0) is 67.2 Å². The van der Waals surface area contributed by atoms with E-state index in [9.17, 15) is 9.59 Å². The first kappa shape index (κ1) is 17.5. The van der Waals surface area contributed by atoms with Crippen LogP contribution in [-0.4, -0.2) is 46.8 Å². The summed E-state index contributed by atoms with van der Waals surface area (Å²) in [5, 5.41) is 2.87. The van der Waals surface area contributed by atoms with E-state index in [-0.39, 0.29) is 22.6 Å². The van der Waals surface area contributed by atoms with Gasteiger partial charge in [0.1, 0.15) is 5.57 Å². The molecule has 136 valence electrons. The number of rotatable bonds is 5. The summed E-state index contributed by atoms with van der Waals surface area (Å²) < 4.78 is 0. The second kappa shape index (κ2) is 7.00. The molecule has 0 unspecified atom stereocenters. The van der Waals surface area contributed by atoms with E-state index in [2.05, 4.69) is 22.3 Å². The van der Waals surface area contributed by atoms with Crippen LogP contribution in [0.25, 0.3) is 6.08 Å². The summed E-state index contributed by atoms with van der Waals surface area (Å²) >= 11 is 11.0. The highest BCUT2D eigenvalue weighted by Gasteiger charge is 2.42. The van der Waals surface area contributed by atoms with Crippen LogP contribution in [0.5, 0.6) is 0 Å². The van der Waals surface area contributed by atoms with Crippen molar-refractivity contribution in [1.82, 2.24) is 10.2 Å². The van der Waals surface area contributed by atoms with Crippen LogP contribution >= 0.6 is 23.8 Å². The lowest BCUT2D eigenvalue weighted by Crippen LogP contribution is -2.54. The third-order valence-corrected chi connectivity index (χ3v) is 5.58. The van der Waals surface area contributed by atoms with Gasteiger partial charge in [0.15, 0.2) is 5.11 Å². The molecule has 1 aromatic carbocycles. The molecule has 1 saturated heterocycles. The van der Waals surface area contributed by atoms with Gasteiger partial charge in [0, 0.05) is 30.7 Å². The summed E-state index contributed by atoms with van der Waals surface area (Å²) in [5.74, 6) is -0.0429. The quantitative estimate of drug-likeness (QED) is 0.364. The fourth-order valence-corrected chi connectivity index (χ4v) is 4.01. The largest absolute Gasteiger partial charge is 0.371 e. The Kier molecular flexibility index (Phi) is 4.71. The number of amides is 2. The molecule has 4 rings (SSSR count). The summed E-state index contributed by atoms with van der Waals surface area (Å²) in [6.45, 7) is 1.93. The van der Waals surface area contributed by atoms with Crippen molar-refractivity contribution in [3.8, 4) is 0 Å². The topological polar surface area (TPSA) is 52.7 Å². The normalized spacial score (nSPS) is 21.4. The first-order valence-electron chi connectivity index (χ1n) is 8.93. The van der Waals surface area contributed by atoms with Crippen molar-refractivity contribution in [1.29, 1.82) is 0 Å². The van der Waals surface area contributed by atoms with Crippen LogP contribution in [0.1, 0.15) is 30.4 Å². The number of hydrogen-bond acceptors (Lipinski definition) is 4. The standard InChI is InChI=1S/C19H20ClN3O2S/c20-7-1-8-22-9-6-13-10-12(2-5-16(13)22)11-15-17(24)21-19(26)23(18(15)25)14-3-4-14/h2,5,10-11,14H,1,3-4,6-9H2,(H,21,24,26). The number of carbonyl (C=O) groups is 2. The predicted octanol–water partition coefficient (Wildman–Crippen LogP) is 2.47. The zero-order valence-electron chi connectivity index (χ0n) is 14.3. The van der Waals surface area contributed by atoms with E-state index >= 15 is 0 Å². The molecule has 2 amide bonds. The lowest BCUT2D eigenvalue weighted by atomic mass is 10.0. The highest BCUT2D eigenvalue weighted by molar-refractivity contribution is 7.80. The molecule has 0 aromatic heterocycles. The molecule has 2 heterocycles. The van der Waals surface area contributed by atoms with Gasteiger partial charge in [0.2, 0.25) is 0 Å². The fourth-order valence-electron chi connectivity index (χ4n) is 3.56. The molecule has 26 heavy (non-hydrogen) atoms.